The van der Waals surface area contributed by atoms with Crippen molar-refractivity contribution in [2.75, 3.05) is 19.6 Å². The zero-order valence-electron chi connectivity index (χ0n) is 17.8. The van der Waals surface area contributed by atoms with Crippen LogP contribution in [0.25, 0.3) is 0 Å². The number of rotatable bonds is 7. The molecular formula is C27H27FN2O2. The van der Waals surface area contributed by atoms with Crippen molar-refractivity contribution in [2.24, 2.45) is 17.8 Å². The van der Waals surface area contributed by atoms with E-state index in [2.05, 4.69) is 34.5 Å². The highest BCUT2D eigenvalue weighted by Gasteiger charge is 2.55. The molecule has 1 aliphatic carbocycles. The Balaban J connectivity index is 1.23. The van der Waals surface area contributed by atoms with Crippen LogP contribution in [-0.2, 0) is 16.9 Å². The molecule has 2 aliphatic rings. The van der Waals surface area contributed by atoms with Crippen LogP contribution in [0.2, 0.25) is 0 Å². The fraction of sp³-hybridized carbons (Fsp3) is 0.296. The molecule has 3 aromatic carbocycles. The van der Waals surface area contributed by atoms with Crippen LogP contribution in [0.15, 0.2) is 84.9 Å². The van der Waals surface area contributed by atoms with Gasteiger partial charge in [0.1, 0.15) is 5.82 Å². The van der Waals surface area contributed by atoms with E-state index >= 15 is 0 Å². The number of benzene rings is 3. The molecule has 164 valence electrons. The first kappa shape index (κ1) is 20.9. The Labute approximate surface area is 187 Å². The molecular weight excluding hydrogens is 403 g/mol. The predicted octanol–water partition coefficient (Wildman–Crippen LogP) is 3.56. The van der Waals surface area contributed by atoms with E-state index in [0.717, 1.165) is 19.6 Å². The van der Waals surface area contributed by atoms with Gasteiger partial charge in [0.2, 0.25) is 0 Å². The molecule has 1 heterocycles. The normalized spacial score (nSPS) is 23.9. The standard InChI is InChI=1S/C27H27FN2O2/c28-22-13-11-21(12-14-22)27(32,20-9-5-2-6-10-20)26(31)29-15-23-24-17-30(18-25(23)24)16-19-7-3-1-4-8-19/h1-14,23-25,32H,15-18H2,(H,29,31)/t23-,24-,25+,27-/m0/s1. The summed E-state index contributed by atoms with van der Waals surface area (Å²) < 4.78 is 13.5. The van der Waals surface area contributed by atoms with Crippen molar-refractivity contribution in [1.29, 1.82) is 0 Å². The fourth-order valence-corrected chi connectivity index (χ4v) is 5.15. The van der Waals surface area contributed by atoms with Crippen LogP contribution in [-0.4, -0.2) is 35.5 Å². The number of aliphatic hydroxyl groups is 1. The van der Waals surface area contributed by atoms with E-state index in [-0.39, 0.29) is 0 Å². The molecule has 1 saturated heterocycles. The number of nitrogens with one attached hydrogen (secondary N) is 1. The SMILES string of the molecule is O=C(NC[C@@H]1[C@H]2CN(Cc3ccccc3)C[C@@H]12)[C@](O)(c1ccccc1)c1ccc(F)cc1. The first-order valence-electron chi connectivity index (χ1n) is 11.1. The van der Waals surface area contributed by atoms with E-state index in [0.29, 0.717) is 35.4 Å². The van der Waals surface area contributed by atoms with E-state index in [1.165, 1.54) is 29.8 Å². The van der Waals surface area contributed by atoms with Crippen LogP contribution in [0.3, 0.4) is 0 Å². The van der Waals surface area contributed by atoms with E-state index in [1.54, 1.807) is 24.3 Å². The van der Waals surface area contributed by atoms with Crippen molar-refractivity contribution in [3.05, 3.63) is 107 Å². The van der Waals surface area contributed by atoms with Gasteiger partial charge in [0, 0.05) is 26.2 Å². The largest absolute Gasteiger partial charge is 0.372 e. The number of hydrogen-bond donors (Lipinski definition) is 2. The van der Waals surface area contributed by atoms with Crippen molar-refractivity contribution >= 4 is 5.91 Å². The molecule has 0 aromatic heterocycles. The van der Waals surface area contributed by atoms with E-state index < -0.39 is 17.3 Å². The molecule has 5 rings (SSSR count). The summed E-state index contributed by atoms with van der Waals surface area (Å²) in [5.74, 6) is 0.750. The quantitative estimate of drug-likeness (QED) is 0.603. The van der Waals surface area contributed by atoms with Crippen molar-refractivity contribution in [3.8, 4) is 0 Å². The number of nitrogens with zero attached hydrogens (tertiary/aromatic N) is 1. The Hall–Kier alpha value is -3.02. The Bertz CT molecular complexity index is 1060. The number of carbonyl (C=O) groups is 1. The van der Waals surface area contributed by atoms with Crippen LogP contribution in [0.4, 0.5) is 4.39 Å². The van der Waals surface area contributed by atoms with Gasteiger partial charge >= 0.3 is 0 Å². The van der Waals surface area contributed by atoms with Gasteiger partial charge in [-0.25, -0.2) is 4.39 Å². The highest BCUT2D eigenvalue weighted by atomic mass is 19.1. The van der Waals surface area contributed by atoms with Crippen LogP contribution in [0.5, 0.6) is 0 Å². The third-order valence-corrected chi connectivity index (χ3v) is 6.98. The number of piperidine rings is 1. The minimum Gasteiger partial charge on any atom is -0.372 e. The zero-order chi connectivity index (χ0) is 22.1. The maximum absolute atomic E-state index is 13.5. The van der Waals surface area contributed by atoms with Gasteiger partial charge in [-0.2, -0.15) is 0 Å². The van der Waals surface area contributed by atoms with Crippen LogP contribution in [0, 0.1) is 23.6 Å². The maximum atomic E-state index is 13.5. The molecule has 5 heteroatoms. The molecule has 32 heavy (non-hydrogen) atoms. The number of halogens is 1. The average molecular weight is 431 g/mol. The third-order valence-electron chi connectivity index (χ3n) is 6.98. The average Bonchev–Trinajstić information content (AvgIpc) is 3.28. The van der Waals surface area contributed by atoms with Gasteiger partial charge in [0.25, 0.3) is 5.91 Å². The summed E-state index contributed by atoms with van der Waals surface area (Å²) in [5.41, 5.74) is 0.283. The zero-order valence-corrected chi connectivity index (χ0v) is 17.8. The van der Waals surface area contributed by atoms with Crippen molar-refractivity contribution in [3.63, 3.8) is 0 Å². The number of likely N-dealkylation sites (tertiary alicyclic amines) is 1. The number of hydrogen-bond acceptors (Lipinski definition) is 3. The molecule has 4 nitrogen and oxygen atoms in total. The molecule has 0 spiro atoms. The minimum atomic E-state index is -1.86. The van der Waals surface area contributed by atoms with Gasteiger partial charge in [-0.1, -0.05) is 72.8 Å². The molecule has 1 saturated carbocycles. The topological polar surface area (TPSA) is 52.6 Å². The van der Waals surface area contributed by atoms with Gasteiger partial charge in [-0.3, -0.25) is 9.69 Å². The lowest BCUT2D eigenvalue weighted by atomic mass is 9.85. The summed E-state index contributed by atoms with van der Waals surface area (Å²) in [6.07, 6.45) is 0. The molecule has 0 radical (unpaired) electrons. The van der Waals surface area contributed by atoms with Crippen LogP contribution < -0.4 is 5.32 Å². The molecule has 0 unspecified atom stereocenters. The van der Waals surface area contributed by atoms with E-state index in [4.69, 9.17) is 0 Å². The third kappa shape index (κ3) is 3.94. The van der Waals surface area contributed by atoms with Crippen LogP contribution in [0.1, 0.15) is 16.7 Å². The smallest absolute Gasteiger partial charge is 0.261 e. The summed E-state index contributed by atoms with van der Waals surface area (Å²) in [7, 11) is 0. The molecule has 1 amide bonds. The number of fused-ring (bicyclic) bond motifs is 1. The summed E-state index contributed by atoms with van der Waals surface area (Å²) in [6, 6.07) is 24.8. The van der Waals surface area contributed by atoms with Crippen molar-refractivity contribution in [2.45, 2.75) is 12.1 Å². The maximum Gasteiger partial charge on any atom is 0.261 e. The Morgan fingerprint density at radius 2 is 1.47 bits per heavy atom. The Morgan fingerprint density at radius 1 is 0.906 bits per heavy atom. The first-order chi connectivity index (χ1) is 15.6. The lowest BCUT2D eigenvalue weighted by molar-refractivity contribution is -0.136. The molecule has 1 aliphatic heterocycles. The summed E-state index contributed by atoms with van der Waals surface area (Å²) >= 11 is 0. The summed E-state index contributed by atoms with van der Waals surface area (Å²) in [5, 5.41) is 14.5. The van der Waals surface area contributed by atoms with E-state index in [9.17, 15) is 14.3 Å². The fourth-order valence-electron chi connectivity index (χ4n) is 5.15. The van der Waals surface area contributed by atoms with Gasteiger partial charge in [0.15, 0.2) is 5.60 Å². The van der Waals surface area contributed by atoms with Crippen LogP contribution >= 0.6 is 0 Å². The molecule has 2 N–H and O–H groups in total. The first-order valence-corrected chi connectivity index (χ1v) is 11.1. The number of carbonyl (C=O) groups excluding carboxylic acids is 1. The second-order valence-electron chi connectivity index (χ2n) is 8.96. The molecule has 2 fully saturated rings. The monoisotopic (exact) mass is 430 g/mol. The van der Waals surface area contributed by atoms with Gasteiger partial charge in [-0.05, 0) is 46.6 Å². The summed E-state index contributed by atoms with van der Waals surface area (Å²) in [4.78, 5) is 15.7. The van der Waals surface area contributed by atoms with Gasteiger partial charge in [0.05, 0.1) is 0 Å². The van der Waals surface area contributed by atoms with Crippen molar-refractivity contribution in [1.82, 2.24) is 10.2 Å². The minimum absolute atomic E-state index is 0.354. The lowest BCUT2D eigenvalue weighted by Crippen LogP contribution is -2.46. The molecule has 3 aromatic rings. The van der Waals surface area contributed by atoms with Gasteiger partial charge < -0.3 is 10.4 Å². The van der Waals surface area contributed by atoms with Crippen molar-refractivity contribution < 1.29 is 14.3 Å². The highest BCUT2D eigenvalue weighted by Crippen LogP contribution is 2.51. The molecule has 4 atom stereocenters. The number of amides is 1. The predicted molar refractivity (Wildman–Crippen MR) is 121 cm³/mol. The second-order valence-corrected chi connectivity index (χ2v) is 8.96. The Kier molecular flexibility index (Phi) is 5.53. The molecule has 0 bridgehead atoms. The Morgan fingerprint density at radius 3 is 2.09 bits per heavy atom. The van der Waals surface area contributed by atoms with E-state index in [1.807, 2.05) is 12.1 Å². The summed E-state index contributed by atoms with van der Waals surface area (Å²) in [6.45, 7) is 3.59. The highest BCUT2D eigenvalue weighted by molar-refractivity contribution is 5.90. The lowest BCUT2D eigenvalue weighted by Gasteiger charge is -2.28. The second kappa shape index (κ2) is 8.49. The van der Waals surface area contributed by atoms with Gasteiger partial charge in [-0.15, -0.1) is 0 Å².